The molecule has 0 unspecified atom stereocenters. The number of aromatic nitrogens is 2. The normalized spacial score (nSPS) is 11.0. The average Bonchev–Trinajstić information content (AvgIpc) is 2.74. The fraction of sp³-hybridized carbons (Fsp3) is 0.0417. The Bertz CT molecular complexity index is 1170. The molecule has 3 aromatic carbocycles. The van der Waals surface area contributed by atoms with E-state index in [1.807, 2.05) is 73.7 Å². The summed E-state index contributed by atoms with van der Waals surface area (Å²) in [7, 11) is 0. The second kappa shape index (κ2) is 7.84. The number of nitrogens with one attached hydrogen (secondary N) is 1. The largest absolute Gasteiger partial charge is 0.322 e. The van der Waals surface area contributed by atoms with Gasteiger partial charge in [-0.2, -0.15) is 0 Å². The molecular weight excluding hydrogens is 346 g/mol. The topological polar surface area (TPSA) is 54.9 Å². The van der Waals surface area contributed by atoms with Crippen LogP contribution < -0.4 is 5.32 Å². The number of carbonyl (C=O) groups is 1. The molecule has 28 heavy (non-hydrogen) atoms. The maximum atomic E-state index is 12.4. The van der Waals surface area contributed by atoms with Gasteiger partial charge in [0.25, 0.3) is 5.91 Å². The first kappa shape index (κ1) is 17.6. The number of aryl methyl sites for hydroxylation is 1. The molecule has 1 aromatic heterocycles. The molecule has 0 radical (unpaired) electrons. The van der Waals surface area contributed by atoms with Crippen LogP contribution in [0.4, 0.5) is 5.69 Å². The van der Waals surface area contributed by atoms with Crippen molar-refractivity contribution in [3.8, 4) is 0 Å². The van der Waals surface area contributed by atoms with Gasteiger partial charge in [-0.1, -0.05) is 48.6 Å². The fourth-order valence-corrected chi connectivity index (χ4v) is 2.94. The van der Waals surface area contributed by atoms with Gasteiger partial charge < -0.3 is 5.32 Å². The first-order valence-electron chi connectivity index (χ1n) is 9.05. The monoisotopic (exact) mass is 365 g/mol. The molecule has 0 saturated carbocycles. The van der Waals surface area contributed by atoms with E-state index >= 15 is 0 Å². The summed E-state index contributed by atoms with van der Waals surface area (Å²) in [6.45, 7) is 1.98. The van der Waals surface area contributed by atoms with Crippen LogP contribution in [0.2, 0.25) is 0 Å². The van der Waals surface area contributed by atoms with Crippen molar-refractivity contribution in [1.29, 1.82) is 0 Å². The Morgan fingerprint density at radius 2 is 1.50 bits per heavy atom. The molecule has 0 aliphatic heterocycles. The van der Waals surface area contributed by atoms with E-state index in [1.54, 1.807) is 24.5 Å². The molecule has 1 N–H and O–H groups in total. The van der Waals surface area contributed by atoms with Gasteiger partial charge in [-0.05, 0) is 53.9 Å². The summed E-state index contributed by atoms with van der Waals surface area (Å²) in [6.07, 6.45) is 7.43. The van der Waals surface area contributed by atoms with Gasteiger partial charge >= 0.3 is 0 Å². The number of amides is 1. The van der Waals surface area contributed by atoms with Gasteiger partial charge in [-0.15, -0.1) is 0 Å². The number of rotatable bonds is 4. The number of benzene rings is 3. The van der Waals surface area contributed by atoms with Gasteiger partial charge in [0.1, 0.15) is 0 Å². The van der Waals surface area contributed by atoms with Gasteiger partial charge in [0.05, 0.1) is 11.0 Å². The van der Waals surface area contributed by atoms with E-state index in [-0.39, 0.29) is 5.91 Å². The van der Waals surface area contributed by atoms with Gasteiger partial charge in [0.2, 0.25) is 0 Å². The number of hydrogen-bond acceptors (Lipinski definition) is 3. The lowest BCUT2D eigenvalue weighted by Crippen LogP contribution is -2.12. The molecule has 1 amide bonds. The summed E-state index contributed by atoms with van der Waals surface area (Å²) in [6, 6.07) is 21.2. The lowest BCUT2D eigenvalue weighted by Gasteiger charge is -2.09. The van der Waals surface area contributed by atoms with Crippen molar-refractivity contribution in [2.75, 3.05) is 5.32 Å². The van der Waals surface area contributed by atoms with E-state index in [0.717, 1.165) is 33.4 Å². The SMILES string of the molecule is Cc1ccc(/C=C/c2ccc3nccnc3c2)cc1NC(=O)c1ccccc1. The minimum absolute atomic E-state index is 0.113. The third kappa shape index (κ3) is 3.96. The van der Waals surface area contributed by atoms with Crippen molar-refractivity contribution < 1.29 is 4.79 Å². The van der Waals surface area contributed by atoms with E-state index in [1.165, 1.54) is 0 Å². The molecule has 0 saturated heterocycles. The predicted molar refractivity (Wildman–Crippen MR) is 114 cm³/mol. The summed E-state index contributed by atoms with van der Waals surface area (Å²) in [5.41, 5.74) is 6.25. The van der Waals surface area contributed by atoms with Crippen LogP contribution in [0.3, 0.4) is 0 Å². The zero-order valence-electron chi connectivity index (χ0n) is 15.5. The molecule has 0 fully saturated rings. The average molecular weight is 365 g/mol. The standard InChI is InChI=1S/C24H19N3O/c1-17-7-8-18(15-22(17)27-24(28)20-5-3-2-4-6-20)9-10-19-11-12-21-23(16-19)26-14-13-25-21/h2-16H,1H3,(H,27,28)/b10-9+. The van der Waals surface area contributed by atoms with Crippen LogP contribution in [-0.2, 0) is 0 Å². The zero-order chi connectivity index (χ0) is 19.3. The van der Waals surface area contributed by atoms with Crippen molar-refractivity contribution in [2.24, 2.45) is 0 Å². The Kier molecular flexibility index (Phi) is 4.93. The first-order valence-corrected chi connectivity index (χ1v) is 9.05. The molecule has 1 heterocycles. The molecule has 136 valence electrons. The Balaban J connectivity index is 1.55. The fourth-order valence-electron chi connectivity index (χ4n) is 2.94. The van der Waals surface area contributed by atoms with Crippen molar-refractivity contribution in [1.82, 2.24) is 9.97 Å². The van der Waals surface area contributed by atoms with E-state index in [0.29, 0.717) is 5.56 Å². The maximum absolute atomic E-state index is 12.4. The van der Waals surface area contributed by atoms with E-state index < -0.39 is 0 Å². The molecule has 4 rings (SSSR count). The Hall–Kier alpha value is -3.79. The summed E-state index contributed by atoms with van der Waals surface area (Å²) >= 11 is 0. The van der Waals surface area contributed by atoms with Crippen LogP contribution >= 0.6 is 0 Å². The Labute approximate surface area is 163 Å². The Morgan fingerprint density at radius 1 is 0.821 bits per heavy atom. The zero-order valence-corrected chi connectivity index (χ0v) is 15.5. The minimum atomic E-state index is -0.113. The number of anilines is 1. The highest BCUT2D eigenvalue weighted by Gasteiger charge is 2.07. The summed E-state index contributed by atoms with van der Waals surface area (Å²) in [5.74, 6) is -0.113. The number of fused-ring (bicyclic) bond motifs is 1. The molecule has 0 aliphatic rings. The van der Waals surface area contributed by atoms with Crippen LogP contribution in [0.1, 0.15) is 27.0 Å². The molecule has 4 aromatic rings. The van der Waals surface area contributed by atoms with E-state index in [4.69, 9.17) is 0 Å². The van der Waals surface area contributed by atoms with Crippen molar-refractivity contribution in [3.05, 3.63) is 101 Å². The van der Waals surface area contributed by atoms with Gasteiger partial charge in [-0.25, -0.2) is 0 Å². The second-order valence-electron chi connectivity index (χ2n) is 6.53. The number of hydrogen-bond donors (Lipinski definition) is 1. The predicted octanol–water partition coefficient (Wildman–Crippen LogP) is 5.36. The molecule has 0 bridgehead atoms. The third-order valence-corrected chi connectivity index (χ3v) is 4.51. The summed E-state index contributed by atoms with van der Waals surface area (Å²) in [4.78, 5) is 21.1. The third-order valence-electron chi connectivity index (χ3n) is 4.51. The van der Waals surface area contributed by atoms with Crippen LogP contribution in [-0.4, -0.2) is 15.9 Å². The molecule has 0 atom stereocenters. The smallest absolute Gasteiger partial charge is 0.255 e. The van der Waals surface area contributed by atoms with Crippen LogP contribution in [0.25, 0.3) is 23.2 Å². The second-order valence-corrected chi connectivity index (χ2v) is 6.53. The van der Waals surface area contributed by atoms with Crippen molar-refractivity contribution in [3.63, 3.8) is 0 Å². The molecule has 4 heteroatoms. The summed E-state index contributed by atoms with van der Waals surface area (Å²) < 4.78 is 0. The van der Waals surface area contributed by atoms with Gasteiger partial charge in [-0.3, -0.25) is 14.8 Å². The van der Waals surface area contributed by atoms with Crippen molar-refractivity contribution >= 4 is 34.8 Å². The minimum Gasteiger partial charge on any atom is -0.322 e. The van der Waals surface area contributed by atoms with Crippen LogP contribution in [0.5, 0.6) is 0 Å². The van der Waals surface area contributed by atoms with E-state index in [9.17, 15) is 4.79 Å². The highest BCUT2D eigenvalue weighted by atomic mass is 16.1. The van der Waals surface area contributed by atoms with E-state index in [2.05, 4.69) is 15.3 Å². The van der Waals surface area contributed by atoms with Crippen LogP contribution in [0, 0.1) is 6.92 Å². The molecule has 4 nitrogen and oxygen atoms in total. The highest BCUT2D eigenvalue weighted by molar-refractivity contribution is 6.04. The Morgan fingerprint density at radius 3 is 2.29 bits per heavy atom. The maximum Gasteiger partial charge on any atom is 0.255 e. The molecule has 0 spiro atoms. The number of carbonyl (C=O) groups excluding carboxylic acids is 1. The van der Waals surface area contributed by atoms with Crippen LogP contribution in [0.15, 0.2) is 79.1 Å². The molecule has 0 aliphatic carbocycles. The molecular formula is C24H19N3O. The lowest BCUT2D eigenvalue weighted by atomic mass is 10.1. The van der Waals surface area contributed by atoms with Gasteiger partial charge in [0.15, 0.2) is 0 Å². The number of nitrogens with zero attached hydrogens (tertiary/aromatic N) is 2. The van der Waals surface area contributed by atoms with Gasteiger partial charge in [0, 0.05) is 23.6 Å². The lowest BCUT2D eigenvalue weighted by molar-refractivity contribution is 0.102. The van der Waals surface area contributed by atoms with Crippen molar-refractivity contribution in [2.45, 2.75) is 6.92 Å². The summed E-state index contributed by atoms with van der Waals surface area (Å²) in [5, 5.41) is 3.00. The quantitative estimate of drug-likeness (QED) is 0.495. The first-order chi connectivity index (χ1) is 13.7. The highest BCUT2D eigenvalue weighted by Crippen LogP contribution is 2.20.